The fourth-order valence-corrected chi connectivity index (χ4v) is 5.28. The monoisotopic (exact) mass is 495 g/mol. The molecule has 0 unspecified atom stereocenters. The molecule has 0 radical (unpaired) electrons. The number of aromatic nitrogens is 3. The number of thioether (sulfide) groups is 1. The molecule has 2 atom stereocenters. The molecule has 3 aromatic rings. The molecule has 1 aliphatic heterocycles. The third-order valence-corrected chi connectivity index (χ3v) is 7.69. The van der Waals surface area contributed by atoms with E-state index in [9.17, 15) is 9.18 Å². The molecular weight excluding hydrogens is 461 g/mol. The second kappa shape index (κ2) is 11.8. The van der Waals surface area contributed by atoms with E-state index in [1.165, 1.54) is 43.2 Å². The number of anilines is 1. The molecular formula is C27H34FN5OS. The molecule has 1 aliphatic rings. The molecule has 0 spiro atoms. The SMILES string of the molecule is CC[C@H](C)c1ccccc1NC(=O)CSc1nnc([C@H](C)N2CCCCC2)n1-c1ccc(F)cc1. The summed E-state index contributed by atoms with van der Waals surface area (Å²) in [6.45, 7) is 8.50. The summed E-state index contributed by atoms with van der Waals surface area (Å²) in [5.41, 5.74) is 2.78. The van der Waals surface area contributed by atoms with Gasteiger partial charge in [0, 0.05) is 11.4 Å². The molecule has 1 saturated heterocycles. The minimum Gasteiger partial charge on any atom is -0.325 e. The molecule has 6 nitrogen and oxygen atoms in total. The fraction of sp³-hybridized carbons (Fsp3) is 0.444. The molecule has 4 rings (SSSR count). The van der Waals surface area contributed by atoms with Gasteiger partial charge in [0.2, 0.25) is 5.91 Å². The number of halogens is 1. The summed E-state index contributed by atoms with van der Waals surface area (Å²) >= 11 is 1.34. The van der Waals surface area contributed by atoms with Gasteiger partial charge in [0.1, 0.15) is 5.82 Å². The lowest BCUT2D eigenvalue weighted by molar-refractivity contribution is -0.113. The van der Waals surface area contributed by atoms with E-state index in [0.717, 1.165) is 42.3 Å². The molecule has 1 amide bonds. The predicted molar refractivity (Wildman–Crippen MR) is 140 cm³/mol. The van der Waals surface area contributed by atoms with Gasteiger partial charge in [0.25, 0.3) is 0 Å². The first-order chi connectivity index (χ1) is 17.0. The zero-order chi connectivity index (χ0) is 24.8. The number of rotatable bonds is 9. The van der Waals surface area contributed by atoms with E-state index in [4.69, 9.17) is 0 Å². The number of amides is 1. The number of nitrogens with zero attached hydrogens (tertiary/aromatic N) is 4. The van der Waals surface area contributed by atoms with Crippen LogP contribution in [-0.4, -0.2) is 44.4 Å². The van der Waals surface area contributed by atoms with Crippen molar-refractivity contribution in [3.8, 4) is 5.69 Å². The molecule has 0 aliphatic carbocycles. The third-order valence-electron chi connectivity index (χ3n) is 6.77. The highest BCUT2D eigenvalue weighted by atomic mass is 32.2. The van der Waals surface area contributed by atoms with Gasteiger partial charge in [-0.3, -0.25) is 14.3 Å². The van der Waals surface area contributed by atoms with Crippen LogP contribution in [0.5, 0.6) is 0 Å². The Hall–Kier alpha value is -2.71. The minimum atomic E-state index is -0.291. The third kappa shape index (κ3) is 6.11. The zero-order valence-corrected chi connectivity index (χ0v) is 21.5. The zero-order valence-electron chi connectivity index (χ0n) is 20.7. The normalized spacial score (nSPS) is 16.1. The summed E-state index contributed by atoms with van der Waals surface area (Å²) in [4.78, 5) is 15.3. The van der Waals surface area contributed by atoms with Gasteiger partial charge < -0.3 is 5.32 Å². The maximum atomic E-state index is 13.6. The number of likely N-dealkylation sites (tertiary alicyclic amines) is 1. The Morgan fingerprint density at radius 2 is 1.77 bits per heavy atom. The lowest BCUT2D eigenvalue weighted by atomic mass is 9.97. The number of nitrogens with one attached hydrogen (secondary N) is 1. The van der Waals surface area contributed by atoms with Gasteiger partial charge in [0.05, 0.1) is 11.8 Å². The molecule has 2 heterocycles. The van der Waals surface area contributed by atoms with Crippen molar-refractivity contribution >= 4 is 23.4 Å². The maximum absolute atomic E-state index is 13.6. The molecule has 186 valence electrons. The number of hydrogen-bond acceptors (Lipinski definition) is 5. The molecule has 0 bridgehead atoms. The Morgan fingerprint density at radius 1 is 1.06 bits per heavy atom. The van der Waals surface area contributed by atoms with E-state index in [-0.39, 0.29) is 23.5 Å². The maximum Gasteiger partial charge on any atom is 0.234 e. The second-order valence-electron chi connectivity index (χ2n) is 9.16. The summed E-state index contributed by atoms with van der Waals surface area (Å²) < 4.78 is 15.6. The van der Waals surface area contributed by atoms with Crippen LogP contribution in [0.3, 0.4) is 0 Å². The molecule has 1 fully saturated rings. The number of carbonyl (C=O) groups excluding carboxylic acids is 1. The number of benzene rings is 2. The number of piperidine rings is 1. The highest BCUT2D eigenvalue weighted by molar-refractivity contribution is 7.99. The van der Waals surface area contributed by atoms with Crippen molar-refractivity contribution < 1.29 is 9.18 Å². The largest absolute Gasteiger partial charge is 0.325 e. The van der Waals surface area contributed by atoms with E-state index in [2.05, 4.69) is 47.3 Å². The molecule has 2 aromatic carbocycles. The highest BCUT2D eigenvalue weighted by Crippen LogP contribution is 2.30. The lowest BCUT2D eigenvalue weighted by Crippen LogP contribution is -2.33. The van der Waals surface area contributed by atoms with Crippen molar-refractivity contribution in [3.63, 3.8) is 0 Å². The number of hydrogen-bond donors (Lipinski definition) is 1. The summed E-state index contributed by atoms with van der Waals surface area (Å²) in [5.74, 6) is 0.987. The van der Waals surface area contributed by atoms with Crippen LogP contribution >= 0.6 is 11.8 Å². The van der Waals surface area contributed by atoms with Crippen LogP contribution in [0.2, 0.25) is 0 Å². The second-order valence-corrected chi connectivity index (χ2v) is 10.1. The molecule has 35 heavy (non-hydrogen) atoms. The molecule has 1 aromatic heterocycles. The first kappa shape index (κ1) is 25.4. The Balaban J connectivity index is 1.54. The number of carbonyl (C=O) groups is 1. The van der Waals surface area contributed by atoms with Crippen molar-refractivity contribution in [2.45, 2.75) is 63.6 Å². The van der Waals surface area contributed by atoms with Gasteiger partial charge in [-0.15, -0.1) is 10.2 Å². The standard InChI is InChI=1S/C27H34FN5OS/c1-4-19(2)23-10-6-7-11-24(23)29-25(34)18-35-27-31-30-26(20(3)32-16-8-5-9-17-32)33(27)22-14-12-21(28)13-15-22/h6-7,10-15,19-20H,4-5,8-9,16-18H2,1-3H3,(H,29,34)/t19-,20-/m0/s1. The van der Waals surface area contributed by atoms with Gasteiger partial charge >= 0.3 is 0 Å². The lowest BCUT2D eigenvalue weighted by Gasteiger charge is -2.31. The van der Waals surface area contributed by atoms with Crippen LogP contribution < -0.4 is 5.32 Å². The number of para-hydroxylation sites is 1. The van der Waals surface area contributed by atoms with E-state index in [1.54, 1.807) is 12.1 Å². The Labute approximate surface area is 211 Å². The van der Waals surface area contributed by atoms with Gasteiger partial charge in [-0.1, -0.05) is 50.2 Å². The summed E-state index contributed by atoms with van der Waals surface area (Å²) in [6.07, 6.45) is 4.61. The van der Waals surface area contributed by atoms with Crippen molar-refractivity contribution in [1.82, 2.24) is 19.7 Å². The predicted octanol–water partition coefficient (Wildman–Crippen LogP) is 6.20. The van der Waals surface area contributed by atoms with Crippen molar-refractivity contribution in [2.75, 3.05) is 24.2 Å². The quantitative estimate of drug-likeness (QED) is 0.358. The highest BCUT2D eigenvalue weighted by Gasteiger charge is 2.26. The van der Waals surface area contributed by atoms with Crippen LogP contribution in [0.25, 0.3) is 5.69 Å². The van der Waals surface area contributed by atoms with E-state index < -0.39 is 0 Å². The average molecular weight is 496 g/mol. The average Bonchev–Trinajstić information content (AvgIpc) is 3.31. The van der Waals surface area contributed by atoms with Crippen molar-refractivity contribution in [3.05, 3.63) is 65.7 Å². The van der Waals surface area contributed by atoms with E-state index in [1.807, 2.05) is 22.8 Å². The Kier molecular flexibility index (Phi) is 8.57. The van der Waals surface area contributed by atoms with Gasteiger partial charge in [0.15, 0.2) is 11.0 Å². The Morgan fingerprint density at radius 3 is 2.49 bits per heavy atom. The van der Waals surface area contributed by atoms with Crippen molar-refractivity contribution in [2.24, 2.45) is 0 Å². The Bertz CT molecular complexity index is 1130. The topological polar surface area (TPSA) is 63.1 Å². The first-order valence-corrected chi connectivity index (χ1v) is 13.4. The molecule has 8 heteroatoms. The van der Waals surface area contributed by atoms with Gasteiger partial charge in [-0.25, -0.2) is 4.39 Å². The first-order valence-electron chi connectivity index (χ1n) is 12.4. The van der Waals surface area contributed by atoms with Crippen molar-refractivity contribution in [1.29, 1.82) is 0 Å². The summed E-state index contributed by atoms with van der Waals surface area (Å²) in [5, 5.41) is 12.7. The minimum absolute atomic E-state index is 0.0680. The van der Waals surface area contributed by atoms with E-state index >= 15 is 0 Å². The smallest absolute Gasteiger partial charge is 0.234 e. The van der Waals surface area contributed by atoms with Crippen LogP contribution in [0.4, 0.5) is 10.1 Å². The molecule has 1 N–H and O–H groups in total. The van der Waals surface area contributed by atoms with Crippen LogP contribution in [-0.2, 0) is 4.79 Å². The van der Waals surface area contributed by atoms with Crippen LogP contribution in [0, 0.1) is 5.82 Å². The summed E-state index contributed by atoms with van der Waals surface area (Å²) in [6, 6.07) is 14.4. The van der Waals surface area contributed by atoms with Gasteiger partial charge in [-0.2, -0.15) is 0 Å². The van der Waals surface area contributed by atoms with Crippen LogP contribution in [0.1, 0.15) is 69.8 Å². The fourth-order valence-electron chi connectivity index (χ4n) is 4.52. The van der Waals surface area contributed by atoms with E-state index in [0.29, 0.717) is 11.1 Å². The van der Waals surface area contributed by atoms with Crippen LogP contribution in [0.15, 0.2) is 53.7 Å². The summed E-state index contributed by atoms with van der Waals surface area (Å²) in [7, 11) is 0. The molecule has 0 saturated carbocycles. The van der Waals surface area contributed by atoms with Gasteiger partial charge in [-0.05, 0) is 81.1 Å².